The second-order valence-electron chi connectivity index (χ2n) is 2.96. The lowest BCUT2D eigenvalue weighted by Crippen LogP contribution is -2.16. The van der Waals surface area contributed by atoms with E-state index in [9.17, 15) is 9.59 Å². The van der Waals surface area contributed by atoms with Gasteiger partial charge in [0.25, 0.3) is 0 Å². The Balaban J connectivity index is 2.83. The van der Waals surface area contributed by atoms with Crippen molar-refractivity contribution in [1.82, 2.24) is 0 Å². The molecule has 0 atom stereocenters. The van der Waals surface area contributed by atoms with Crippen molar-refractivity contribution >= 4 is 33.5 Å². The highest BCUT2D eigenvalue weighted by Gasteiger charge is 2.11. The van der Waals surface area contributed by atoms with Crippen LogP contribution in [0.4, 0.5) is 5.69 Å². The highest BCUT2D eigenvalue weighted by Crippen LogP contribution is 2.27. The van der Waals surface area contributed by atoms with Gasteiger partial charge < -0.3 is 15.2 Å². The number of anilines is 1. The van der Waals surface area contributed by atoms with Crippen molar-refractivity contribution in [2.45, 2.75) is 6.42 Å². The number of rotatable bonds is 4. The molecule has 6 heteroatoms. The summed E-state index contributed by atoms with van der Waals surface area (Å²) in [6.45, 7) is 0. The van der Waals surface area contributed by atoms with Gasteiger partial charge in [0, 0.05) is 4.47 Å². The summed E-state index contributed by atoms with van der Waals surface area (Å²) >= 11 is 3.24. The maximum absolute atomic E-state index is 11.2. The zero-order valence-electron chi connectivity index (χ0n) is 8.49. The Labute approximate surface area is 101 Å². The molecular formula is C10H10BrNO4. The molecule has 0 aliphatic rings. The van der Waals surface area contributed by atoms with Gasteiger partial charge in [0.05, 0.1) is 12.8 Å². The summed E-state index contributed by atoms with van der Waals surface area (Å²) in [5.74, 6) is -1.29. The smallest absolute Gasteiger partial charge is 0.312 e. The number of ether oxygens (including phenoxy) is 1. The lowest BCUT2D eigenvalue weighted by atomic mass is 10.3. The van der Waals surface area contributed by atoms with Gasteiger partial charge in [-0.2, -0.15) is 0 Å². The molecule has 1 aromatic carbocycles. The van der Waals surface area contributed by atoms with Crippen molar-refractivity contribution in [1.29, 1.82) is 0 Å². The van der Waals surface area contributed by atoms with Crippen LogP contribution in [0.5, 0.6) is 5.75 Å². The largest absolute Gasteiger partial charge is 0.495 e. The predicted molar refractivity (Wildman–Crippen MR) is 61.6 cm³/mol. The molecule has 5 nitrogen and oxygen atoms in total. The fourth-order valence-electron chi connectivity index (χ4n) is 1.11. The number of aliphatic carboxylic acids is 1. The number of halogens is 1. The highest BCUT2D eigenvalue weighted by atomic mass is 79.9. The Kier molecular flexibility index (Phi) is 4.30. The van der Waals surface area contributed by atoms with Crippen LogP contribution in [0, 0.1) is 0 Å². The number of benzene rings is 1. The summed E-state index contributed by atoms with van der Waals surface area (Å²) in [6.07, 6.45) is -0.574. The zero-order chi connectivity index (χ0) is 12.1. The molecule has 86 valence electrons. The van der Waals surface area contributed by atoms with E-state index in [1.165, 1.54) is 7.11 Å². The van der Waals surface area contributed by atoms with Crippen molar-refractivity contribution in [3.8, 4) is 5.75 Å². The Bertz CT molecular complexity index is 419. The Morgan fingerprint density at radius 1 is 1.50 bits per heavy atom. The third-order valence-electron chi connectivity index (χ3n) is 1.75. The van der Waals surface area contributed by atoms with Crippen LogP contribution in [-0.2, 0) is 9.59 Å². The number of carbonyl (C=O) groups excluding carboxylic acids is 1. The minimum absolute atomic E-state index is 0.433. The number of hydrogen-bond donors (Lipinski definition) is 2. The molecule has 0 heterocycles. The SMILES string of the molecule is COc1ccc(Br)cc1NC(=O)CC(=O)O. The van der Waals surface area contributed by atoms with Crippen LogP contribution in [0.2, 0.25) is 0 Å². The molecular weight excluding hydrogens is 278 g/mol. The average Bonchev–Trinajstić information content (AvgIpc) is 2.16. The molecule has 0 spiro atoms. The summed E-state index contributed by atoms with van der Waals surface area (Å²) in [6, 6.07) is 5.06. The van der Waals surface area contributed by atoms with Crippen LogP contribution in [-0.4, -0.2) is 24.1 Å². The van der Waals surface area contributed by atoms with E-state index in [1.54, 1.807) is 18.2 Å². The van der Waals surface area contributed by atoms with Gasteiger partial charge in [-0.15, -0.1) is 0 Å². The summed E-state index contributed by atoms with van der Waals surface area (Å²) in [5, 5.41) is 10.9. The van der Waals surface area contributed by atoms with Gasteiger partial charge >= 0.3 is 5.97 Å². The first kappa shape index (κ1) is 12.5. The third kappa shape index (κ3) is 3.54. The fourth-order valence-corrected chi connectivity index (χ4v) is 1.47. The van der Waals surface area contributed by atoms with Gasteiger partial charge in [0.1, 0.15) is 12.2 Å². The summed E-state index contributed by atoms with van der Waals surface area (Å²) in [7, 11) is 1.47. The number of amides is 1. The molecule has 0 aliphatic heterocycles. The van der Waals surface area contributed by atoms with E-state index < -0.39 is 18.3 Å². The number of carboxylic acids is 1. The van der Waals surface area contributed by atoms with Crippen LogP contribution in [0.1, 0.15) is 6.42 Å². The molecule has 16 heavy (non-hydrogen) atoms. The molecule has 0 aliphatic carbocycles. The van der Waals surface area contributed by atoms with E-state index in [0.29, 0.717) is 11.4 Å². The maximum Gasteiger partial charge on any atom is 0.312 e. The monoisotopic (exact) mass is 287 g/mol. The summed E-state index contributed by atoms with van der Waals surface area (Å²) < 4.78 is 5.79. The first-order valence-electron chi connectivity index (χ1n) is 4.38. The predicted octanol–water partition coefficient (Wildman–Crippen LogP) is 1.87. The first-order valence-corrected chi connectivity index (χ1v) is 5.17. The minimum atomic E-state index is -1.17. The van der Waals surface area contributed by atoms with E-state index in [-0.39, 0.29) is 0 Å². The van der Waals surface area contributed by atoms with Gasteiger partial charge in [-0.25, -0.2) is 0 Å². The number of hydrogen-bond acceptors (Lipinski definition) is 3. The van der Waals surface area contributed by atoms with Crippen molar-refractivity contribution < 1.29 is 19.4 Å². The van der Waals surface area contributed by atoms with E-state index in [2.05, 4.69) is 21.2 Å². The van der Waals surface area contributed by atoms with E-state index >= 15 is 0 Å². The number of nitrogens with one attached hydrogen (secondary N) is 1. The second kappa shape index (κ2) is 5.50. The van der Waals surface area contributed by atoms with Gasteiger partial charge in [-0.3, -0.25) is 9.59 Å². The molecule has 1 aromatic rings. The van der Waals surface area contributed by atoms with Crippen LogP contribution in [0.3, 0.4) is 0 Å². The lowest BCUT2D eigenvalue weighted by Gasteiger charge is -2.09. The molecule has 0 bridgehead atoms. The van der Waals surface area contributed by atoms with Gasteiger partial charge in [-0.1, -0.05) is 15.9 Å². The Morgan fingerprint density at radius 2 is 2.19 bits per heavy atom. The van der Waals surface area contributed by atoms with E-state index in [0.717, 1.165) is 4.47 Å². The molecule has 2 N–H and O–H groups in total. The molecule has 0 fully saturated rings. The topological polar surface area (TPSA) is 75.6 Å². The Morgan fingerprint density at radius 3 is 2.75 bits per heavy atom. The molecule has 1 rings (SSSR count). The fraction of sp³-hybridized carbons (Fsp3) is 0.200. The molecule has 0 radical (unpaired) electrons. The summed E-state index contributed by atoms with van der Waals surface area (Å²) in [4.78, 5) is 21.6. The first-order chi connectivity index (χ1) is 7.52. The number of carbonyl (C=O) groups is 2. The standard InChI is InChI=1S/C10H10BrNO4/c1-16-8-3-2-6(11)4-7(8)12-9(13)5-10(14)15/h2-4H,5H2,1H3,(H,12,13)(H,14,15). The van der Waals surface area contributed by atoms with Gasteiger partial charge in [0.2, 0.25) is 5.91 Å². The number of methoxy groups -OCH3 is 1. The summed E-state index contributed by atoms with van der Waals surface area (Å²) in [5.41, 5.74) is 0.433. The molecule has 0 unspecified atom stereocenters. The highest BCUT2D eigenvalue weighted by molar-refractivity contribution is 9.10. The van der Waals surface area contributed by atoms with Crippen LogP contribution in [0.25, 0.3) is 0 Å². The quantitative estimate of drug-likeness (QED) is 0.829. The lowest BCUT2D eigenvalue weighted by molar-refractivity contribution is -0.139. The average molecular weight is 288 g/mol. The van der Waals surface area contributed by atoms with Crippen molar-refractivity contribution in [2.75, 3.05) is 12.4 Å². The second-order valence-corrected chi connectivity index (χ2v) is 3.88. The van der Waals surface area contributed by atoms with Gasteiger partial charge in [-0.05, 0) is 18.2 Å². The molecule has 0 aromatic heterocycles. The normalized spacial score (nSPS) is 9.62. The number of carboxylic acid groups (broad SMARTS) is 1. The van der Waals surface area contributed by atoms with Crippen molar-refractivity contribution in [3.63, 3.8) is 0 Å². The van der Waals surface area contributed by atoms with E-state index in [4.69, 9.17) is 9.84 Å². The third-order valence-corrected chi connectivity index (χ3v) is 2.24. The molecule has 0 saturated carbocycles. The van der Waals surface area contributed by atoms with Crippen LogP contribution in [0.15, 0.2) is 22.7 Å². The maximum atomic E-state index is 11.2. The molecule has 1 amide bonds. The molecule has 0 saturated heterocycles. The zero-order valence-corrected chi connectivity index (χ0v) is 10.1. The Hall–Kier alpha value is -1.56. The van der Waals surface area contributed by atoms with Crippen molar-refractivity contribution in [2.24, 2.45) is 0 Å². The van der Waals surface area contributed by atoms with Crippen LogP contribution >= 0.6 is 15.9 Å². The van der Waals surface area contributed by atoms with Gasteiger partial charge in [0.15, 0.2) is 0 Å². The van der Waals surface area contributed by atoms with Crippen molar-refractivity contribution in [3.05, 3.63) is 22.7 Å². The van der Waals surface area contributed by atoms with Crippen LogP contribution < -0.4 is 10.1 Å². The van der Waals surface area contributed by atoms with E-state index in [1.807, 2.05) is 0 Å². The minimum Gasteiger partial charge on any atom is -0.495 e.